The highest BCUT2D eigenvalue weighted by Gasteiger charge is 2.28. The van der Waals surface area contributed by atoms with Gasteiger partial charge in [0.25, 0.3) is 0 Å². The summed E-state index contributed by atoms with van der Waals surface area (Å²) in [6, 6.07) is 18.3. The van der Waals surface area contributed by atoms with Gasteiger partial charge in [-0.05, 0) is 49.6 Å². The first-order chi connectivity index (χ1) is 10.2. The van der Waals surface area contributed by atoms with Gasteiger partial charge in [0.2, 0.25) is 0 Å². The highest BCUT2D eigenvalue weighted by Crippen LogP contribution is 2.34. The Balaban J connectivity index is 1.72. The molecule has 2 atom stereocenters. The summed E-state index contributed by atoms with van der Waals surface area (Å²) in [4.78, 5) is 2.15. The zero-order valence-electron chi connectivity index (χ0n) is 12.3. The maximum Gasteiger partial charge on any atom is 0.127 e. The monoisotopic (exact) mass is 283 g/mol. The van der Waals surface area contributed by atoms with E-state index in [0.29, 0.717) is 6.04 Å². The van der Waals surface area contributed by atoms with Crippen molar-refractivity contribution in [3.63, 3.8) is 0 Å². The molecule has 1 aliphatic rings. The highest BCUT2D eigenvalue weighted by atomic mass is 16.5. The average Bonchev–Trinajstić information content (AvgIpc) is 2.99. The van der Waals surface area contributed by atoms with Crippen LogP contribution in [0.4, 0.5) is 0 Å². The number of rotatable bonds is 4. The second-order valence-corrected chi connectivity index (χ2v) is 5.51. The Kier molecular flexibility index (Phi) is 4.23. The van der Waals surface area contributed by atoms with Crippen LogP contribution in [-0.4, -0.2) is 22.8 Å². The van der Waals surface area contributed by atoms with Crippen LogP contribution in [0.2, 0.25) is 0 Å². The van der Waals surface area contributed by atoms with E-state index in [9.17, 15) is 5.11 Å². The Morgan fingerprint density at radius 1 is 1.05 bits per heavy atom. The summed E-state index contributed by atoms with van der Waals surface area (Å²) in [5.41, 5.74) is 1.24. The minimum Gasteiger partial charge on any atom is -0.457 e. The summed E-state index contributed by atoms with van der Waals surface area (Å²) in [5.74, 6) is 1.68. The predicted octanol–water partition coefficient (Wildman–Crippen LogP) is 3.95. The maximum atomic E-state index is 9.83. The first-order valence-corrected chi connectivity index (χ1v) is 7.51. The second-order valence-electron chi connectivity index (χ2n) is 5.51. The SMILES string of the molecule is CC(O)N1CCCC1c1ccc(Oc2ccccc2)cc1. The molecular weight excluding hydrogens is 262 g/mol. The van der Waals surface area contributed by atoms with E-state index in [1.807, 2.05) is 49.4 Å². The van der Waals surface area contributed by atoms with Crippen molar-refractivity contribution >= 4 is 0 Å². The standard InChI is InChI=1S/C18H21NO2/c1-14(20)19-13-5-8-18(19)15-9-11-17(12-10-15)21-16-6-3-2-4-7-16/h2-4,6-7,9-12,14,18,20H,5,8,13H2,1H3. The Bertz CT molecular complexity index is 566. The number of likely N-dealkylation sites (tertiary alicyclic amines) is 1. The van der Waals surface area contributed by atoms with Crippen molar-refractivity contribution in [3.05, 3.63) is 60.2 Å². The molecule has 2 aromatic carbocycles. The highest BCUT2D eigenvalue weighted by molar-refractivity contribution is 5.34. The van der Waals surface area contributed by atoms with Gasteiger partial charge in [-0.2, -0.15) is 0 Å². The molecule has 1 fully saturated rings. The van der Waals surface area contributed by atoms with Crippen molar-refractivity contribution in [2.75, 3.05) is 6.54 Å². The minimum absolute atomic E-state index is 0.316. The lowest BCUT2D eigenvalue weighted by molar-refractivity contribution is 0.00916. The summed E-state index contributed by atoms with van der Waals surface area (Å²) in [7, 11) is 0. The van der Waals surface area contributed by atoms with Crippen LogP contribution in [-0.2, 0) is 0 Å². The van der Waals surface area contributed by atoms with Crippen molar-refractivity contribution in [2.24, 2.45) is 0 Å². The molecule has 110 valence electrons. The molecule has 2 unspecified atom stereocenters. The molecule has 1 heterocycles. The molecule has 0 radical (unpaired) electrons. The third-order valence-electron chi connectivity index (χ3n) is 4.02. The van der Waals surface area contributed by atoms with Crippen molar-refractivity contribution in [1.82, 2.24) is 4.90 Å². The molecular formula is C18H21NO2. The molecule has 0 saturated carbocycles. The van der Waals surface area contributed by atoms with Crippen LogP contribution in [0, 0.1) is 0 Å². The molecule has 0 amide bonds. The van der Waals surface area contributed by atoms with Gasteiger partial charge in [-0.25, -0.2) is 0 Å². The fourth-order valence-electron chi connectivity index (χ4n) is 2.98. The number of hydrogen-bond acceptors (Lipinski definition) is 3. The molecule has 3 rings (SSSR count). The van der Waals surface area contributed by atoms with E-state index < -0.39 is 6.23 Å². The predicted molar refractivity (Wildman–Crippen MR) is 83.3 cm³/mol. The van der Waals surface area contributed by atoms with Gasteiger partial charge in [0, 0.05) is 12.6 Å². The van der Waals surface area contributed by atoms with E-state index >= 15 is 0 Å². The summed E-state index contributed by atoms with van der Waals surface area (Å²) in [6.45, 7) is 2.80. The maximum absolute atomic E-state index is 9.83. The van der Waals surface area contributed by atoms with Crippen LogP contribution in [0.5, 0.6) is 11.5 Å². The third kappa shape index (κ3) is 3.26. The fraction of sp³-hybridized carbons (Fsp3) is 0.333. The molecule has 2 aromatic rings. The summed E-state index contributed by atoms with van der Waals surface area (Å²) in [5, 5.41) is 9.83. The molecule has 21 heavy (non-hydrogen) atoms. The quantitative estimate of drug-likeness (QED) is 0.922. The van der Waals surface area contributed by atoms with Crippen LogP contribution < -0.4 is 4.74 Å². The smallest absolute Gasteiger partial charge is 0.127 e. The lowest BCUT2D eigenvalue weighted by Crippen LogP contribution is -2.32. The van der Waals surface area contributed by atoms with E-state index in [1.165, 1.54) is 5.56 Å². The zero-order valence-corrected chi connectivity index (χ0v) is 12.3. The van der Waals surface area contributed by atoms with E-state index in [-0.39, 0.29) is 0 Å². The lowest BCUT2D eigenvalue weighted by Gasteiger charge is -2.27. The third-order valence-corrected chi connectivity index (χ3v) is 4.02. The van der Waals surface area contributed by atoms with Gasteiger partial charge in [-0.15, -0.1) is 0 Å². The molecule has 3 heteroatoms. The Morgan fingerprint density at radius 3 is 2.38 bits per heavy atom. The van der Waals surface area contributed by atoms with Gasteiger partial charge < -0.3 is 9.84 Å². The number of aliphatic hydroxyl groups is 1. The summed E-state index contributed by atoms with van der Waals surface area (Å²) < 4.78 is 5.81. The van der Waals surface area contributed by atoms with E-state index in [2.05, 4.69) is 17.0 Å². The molecule has 1 saturated heterocycles. The molecule has 1 N–H and O–H groups in total. The second kappa shape index (κ2) is 6.29. The topological polar surface area (TPSA) is 32.7 Å². The van der Waals surface area contributed by atoms with Crippen LogP contribution in [0.25, 0.3) is 0 Å². The number of ether oxygens (including phenoxy) is 1. The molecule has 3 nitrogen and oxygen atoms in total. The molecule has 0 aromatic heterocycles. The van der Waals surface area contributed by atoms with Gasteiger partial charge in [0.1, 0.15) is 17.7 Å². The van der Waals surface area contributed by atoms with Crippen molar-refractivity contribution in [3.8, 4) is 11.5 Å². The van der Waals surface area contributed by atoms with Gasteiger partial charge in [0.15, 0.2) is 0 Å². The Hall–Kier alpha value is -1.84. The van der Waals surface area contributed by atoms with Crippen LogP contribution in [0.3, 0.4) is 0 Å². The fourth-order valence-corrected chi connectivity index (χ4v) is 2.98. The molecule has 0 bridgehead atoms. The lowest BCUT2D eigenvalue weighted by atomic mass is 10.0. The zero-order chi connectivity index (χ0) is 14.7. The first kappa shape index (κ1) is 14.1. The summed E-state index contributed by atoms with van der Waals surface area (Å²) in [6.07, 6.45) is 1.85. The molecule has 1 aliphatic heterocycles. The molecule has 0 aliphatic carbocycles. The first-order valence-electron chi connectivity index (χ1n) is 7.51. The van der Waals surface area contributed by atoms with E-state index in [1.54, 1.807) is 0 Å². The van der Waals surface area contributed by atoms with Crippen molar-refractivity contribution < 1.29 is 9.84 Å². The minimum atomic E-state index is -0.391. The van der Waals surface area contributed by atoms with Gasteiger partial charge in [-0.3, -0.25) is 4.90 Å². The average molecular weight is 283 g/mol. The van der Waals surface area contributed by atoms with Crippen LogP contribution in [0.1, 0.15) is 31.4 Å². The van der Waals surface area contributed by atoms with E-state index in [4.69, 9.17) is 4.74 Å². The molecule has 0 spiro atoms. The van der Waals surface area contributed by atoms with E-state index in [0.717, 1.165) is 30.9 Å². The van der Waals surface area contributed by atoms with Gasteiger partial charge in [0.05, 0.1) is 0 Å². The van der Waals surface area contributed by atoms with Crippen molar-refractivity contribution in [2.45, 2.75) is 32.0 Å². The van der Waals surface area contributed by atoms with Crippen LogP contribution in [0.15, 0.2) is 54.6 Å². The van der Waals surface area contributed by atoms with Crippen LogP contribution >= 0.6 is 0 Å². The number of para-hydroxylation sites is 1. The number of benzene rings is 2. The number of nitrogens with zero attached hydrogens (tertiary/aromatic N) is 1. The Labute approximate surface area is 125 Å². The number of hydrogen-bond donors (Lipinski definition) is 1. The Morgan fingerprint density at radius 2 is 1.71 bits per heavy atom. The number of aliphatic hydroxyl groups excluding tert-OH is 1. The van der Waals surface area contributed by atoms with Crippen molar-refractivity contribution in [1.29, 1.82) is 0 Å². The van der Waals surface area contributed by atoms with Gasteiger partial charge >= 0.3 is 0 Å². The van der Waals surface area contributed by atoms with Gasteiger partial charge in [-0.1, -0.05) is 30.3 Å². The summed E-state index contributed by atoms with van der Waals surface area (Å²) >= 11 is 0. The normalized spacial score (nSPS) is 20.4. The largest absolute Gasteiger partial charge is 0.457 e.